The average molecular weight is 325 g/mol. The zero-order chi connectivity index (χ0) is 17.4. The van der Waals surface area contributed by atoms with Crippen LogP contribution in [0.5, 0.6) is 0 Å². The summed E-state index contributed by atoms with van der Waals surface area (Å²) < 4.78 is 0. The van der Waals surface area contributed by atoms with Gasteiger partial charge in [0.2, 0.25) is 5.78 Å². The monoisotopic (exact) mass is 325 g/mol. The Morgan fingerprint density at radius 1 is 1.21 bits per heavy atom. The molecule has 2 N–H and O–H groups in total. The molecule has 4 aliphatic rings. The molecule has 3 saturated carbocycles. The van der Waals surface area contributed by atoms with E-state index in [-0.39, 0.29) is 16.6 Å². The second-order valence-corrected chi connectivity index (χ2v) is 8.79. The van der Waals surface area contributed by atoms with Gasteiger partial charge in [-0.1, -0.05) is 26.0 Å². The molecule has 0 heterocycles. The highest BCUT2D eigenvalue weighted by Gasteiger charge is 2.60. The van der Waals surface area contributed by atoms with Crippen LogP contribution >= 0.6 is 0 Å². The molecule has 0 aromatic carbocycles. The number of allylic oxidation sites excluding steroid dienone is 4. The van der Waals surface area contributed by atoms with Crippen LogP contribution < -0.4 is 5.73 Å². The van der Waals surface area contributed by atoms with Crippen LogP contribution in [0.3, 0.4) is 0 Å². The zero-order valence-corrected chi connectivity index (χ0v) is 14.9. The van der Waals surface area contributed by atoms with Crippen molar-refractivity contribution in [2.45, 2.75) is 52.9 Å². The molecule has 128 valence electrons. The summed E-state index contributed by atoms with van der Waals surface area (Å²) in [5.74, 6) is 1.75. The minimum atomic E-state index is -0.203. The number of hydrogen-bond donors (Lipinski definition) is 1. The van der Waals surface area contributed by atoms with E-state index in [0.717, 1.165) is 48.8 Å². The predicted octanol–water partition coefficient (Wildman–Crippen LogP) is 3.71. The highest BCUT2D eigenvalue weighted by Crippen LogP contribution is 2.66. The Bertz CT molecular complexity index is 743. The van der Waals surface area contributed by atoms with Crippen LogP contribution in [-0.4, -0.2) is 11.6 Å². The standard InChI is InChI=1S/C21H27NO2/c1-11-9-13-14-5-6-17(24)20(14,3)8-7-15(13)21(4)12(2)10-16(23)19(22)18(11)21/h10,13-15H,1,5-9,22H2,2-4H3/t13-,14-,15-,20-,21+/m0/s1. The SMILES string of the molecule is C=C1C[C@@H]2[C@H](CC[C@]3(C)C(=O)CC[C@@H]23)[C@@]2(C)C(C)=CC(=O)C(N)=C12. The number of ketones is 2. The van der Waals surface area contributed by atoms with E-state index in [1.54, 1.807) is 6.08 Å². The summed E-state index contributed by atoms with van der Waals surface area (Å²) in [4.78, 5) is 24.7. The molecular formula is C21H27NO2. The number of fused-ring (bicyclic) bond motifs is 5. The van der Waals surface area contributed by atoms with Crippen LogP contribution in [0.15, 0.2) is 35.1 Å². The second kappa shape index (κ2) is 4.71. The minimum absolute atomic E-state index is 0.0729. The van der Waals surface area contributed by atoms with Crippen molar-refractivity contribution in [2.75, 3.05) is 0 Å². The zero-order valence-electron chi connectivity index (χ0n) is 14.9. The highest BCUT2D eigenvalue weighted by atomic mass is 16.1. The van der Waals surface area contributed by atoms with Crippen molar-refractivity contribution in [1.29, 1.82) is 0 Å². The highest BCUT2D eigenvalue weighted by molar-refractivity contribution is 6.06. The normalized spacial score (nSPS) is 44.9. The Kier molecular flexibility index (Phi) is 3.11. The van der Waals surface area contributed by atoms with Gasteiger partial charge in [0.1, 0.15) is 5.78 Å². The van der Waals surface area contributed by atoms with Crippen LogP contribution in [0.4, 0.5) is 0 Å². The minimum Gasteiger partial charge on any atom is -0.395 e. The Morgan fingerprint density at radius 3 is 2.62 bits per heavy atom. The number of nitrogens with two attached hydrogens (primary N) is 1. The van der Waals surface area contributed by atoms with E-state index in [4.69, 9.17) is 5.73 Å². The van der Waals surface area contributed by atoms with Gasteiger partial charge in [0, 0.05) is 17.3 Å². The van der Waals surface area contributed by atoms with Crippen LogP contribution in [-0.2, 0) is 9.59 Å². The summed E-state index contributed by atoms with van der Waals surface area (Å²) in [6, 6.07) is 0. The number of Topliss-reactive ketones (excluding diaryl/α,β-unsaturated/α-hetero) is 1. The molecule has 3 nitrogen and oxygen atoms in total. The third kappa shape index (κ3) is 1.68. The Balaban J connectivity index is 1.84. The van der Waals surface area contributed by atoms with Crippen molar-refractivity contribution >= 4 is 11.6 Å². The van der Waals surface area contributed by atoms with Crippen molar-refractivity contribution in [3.05, 3.63) is 35.1 Å². The van der Waals surface area contributed by atoms with E-state index in [1.165, 1.54) is 0 Å². The van der Waals surface area contributed by atoms with Crippen molar-refractivity contribution in [3.63, 3.8) is 0 Å². The van der Waals surface area contributed by atoms with E-state index in [1.807, 2.05) is 0 Å². The molecule has 0 radical (unpaired) electrons. The number of rotatable bonds is 0. The smallest absolute Gasteiger partial charge is 0.201 e. The number of hydrogen-bond acceptors (Lipinski definition) is 3. The van der Waals surface area contributed by atoms with Crippen molar-refractivity contribution in [2.24, 2.45) is 34.3 Å². The average Bonchev–Trinajstić information content (AvgIpc) is 2.81. The molecular weight excluding hydrogens is 298 g/mol. The molecule has 24 heavy (non-hydrogen) atoms. The molecule has 0 aliphatic heterocycles. The fourth-order valence-electron chi connectivity index (χ4n) is 6.51. The summed E-state index contributed by atoms with van der Waals surface area (Å²) in [6.45, 7) is 10.8. The lowest BCUT2D eigenvalue weighted by Gasteiger charge is -2.57. The maximum atomic E-state index is 12.5. The first-order valence-corrected chi connectivity index (χ1v) is 9.16. The van der Waals surface area contributed by atoms with Crippen LogP contribution in [0.25, 0.3) is 0 Å². The van der Waals surface area contributed by atoms with Gasteiger partial charge in [-0.15, -0.1) is 0 Å². The molecule has 0 saturated heterocycles. The van der Waals surface area contributed by atoms with Gasteiger partial charge in [0.05, 0.1) is 5.70 Å². The molecule has 0 spiro atoms. The molecule has 0 bridgehead atoms. The molecule has 0 aromatic heterocycles. The van der Waals surface area contributed by atoms with Crippen molar-refractivity contribution in [1.82, 2.24) is 0 Å². The van der Waals surface area contributed by atoms with Crippen LogP contribution in [0.2, 0.25) is 0 Å². The van der Waals surface area contributed by atoms with Gasteiger partial charge < -0.3 is 5.73 Å². The topological polar surface area (TPSA) is 60.2 Å². The van der Waals surface area contributed by atoms with Gasteiger partial charge in [-0.25, -0.2) is 0 Å². The van der Waals surface area contributed by atoms with Gasteiger partial charge >= 0.3 is 0 Å². The predicted molar refractivity (Wildman–Crippen MR) is 93.9 cm³/mol. The third-order valence-corrected chi connectivity index (χ3v) is 7.94. The van der Waals surface area contributed by atoms with E-state index in [2.05, 4.69) is 27.4 Å². The molecule has 0 aromatic rings. The van der Waals surface area contributed by atoms with Gasteiger partial charge in [0.25, 0.3) is 0 Å². The lowest BCUT2D eigenvalue weighted by Crippen LogP contribution is -2.52. The maximum Gasteiger partial charge on any atom is 0.201 e. The van der Waals surface area contributed by atoms with Crippen LogP contribution in [0, 0.1) is 28.6 Å². The molecule has 4 aliphatic carbocycles. The molecule has 5 atom stereocenters. The first-order valence-electron chi connectivity index (χ1n) is 9.16. The van der Waals surface area contributed by atoms with Crippen LogP contribution in [0.1, 0.15) is 52.9 Å². The summed E-state index contributed by atoms with van der Waals surface area (Å²) in [5, 5.41) is 0. The molecule has 4 rings (SSSR count). The maximum absolute atomic E-state index is 12.5. The largest absolute Gasteiger partial charge is 0.395 e. The van der Waals surface area contributed by atoms with Gasteiger partial charge in [-0.05, 0) is 67.6 Å². The van der Waals surface area contributed by atoms with Gasteiger partial charge in [0.15, 0.2) is 0 Å². The van der Waals surface area contributed by atoms with Gasteiger partial charge in [-0.2, -0.15) is 0 Å². The Hall–Kier alpha value is -1.64. The van der Waals surface area contributed by atoms with E-state index in [0.29, 0.717) is 29.2 Å². The van der Waals surface area contributed by atoms with Crippen molar-refractivity contribution < 1.29 is 9.59 Å². The van der Waals surface area contributed by atoms with Crippen molar-refractivity contribution in [3.8, 4) is 0 Å². The first-order chi connectivity index (χ1) is 11.2. The Labute approximate surface area is 144 Å². The molecule has 3 heteroatoms. The van der Waals surface area contributed by atoms with E-state index >= 15 is 0 Å². The van der Waals surface area contributed by atoms with E-state index in [9.17, 15) is 9.59 Å². The third-order valence-electron chi connectivity index (χ3n) is 7.94. The summed E-state index contributed by atoms with van der Waals surface area (Å²) in [5.41, 5.74) is 9.37. The summed E-state index contributed by atoms with van der Waals surface area (Å²) in [6.07, 6.45) is 6.34. The fraction of sp³-hybridized carbons (Fsp3) is 0.619. The summed E-state index contributed by atoms with van der Waals surface area (Å²) >= 11 is 0. The summed E-state index contributed by atoms with van der Waals surface area (Å²) in [7, 11) is 0. The number of carbonyl (C=O) groups excluding carboxylic acids is 2. The number of carbonyl (C=O) groups is 2. The molecule has 0 amide bonds. The Morgan fingerprint density at radius 2 is 1.92 bits per heavy atom. The second-order valence-electron chi connectivity index (χ2n) is 8.79. The van der Waals surface area contributed by atoms with Gasteiger partial charge in [-0.3, -0.25) is 9.59 Å². The van der Waals surface area contributed by atoms with E-state index < -0.39 is 0 Å². The first kappa shape index (κ1) is 15.9. The lowest BCUT2D eigenvalue weighted by molar-refractivity contribution is -0.131. The quantitative estimate of drug-likeness (QED) is 0.738. The molecule has 0 unspecified atom stereocenters. The molecule has 3 fully saturated rings. The fourth-order valence-corrected chi connectivity index (χ4v) is 6.51. The lowest BCUT2D eigenvalue weighted by atomic mass is 9.46.